The highest BCUT2D eigenvalue weighted by atomic mass is 19.1. The van der Waals surface area contributed by atoms with E-state index in [0.29, 0.717) is 18.7 Å². The van der Waals surface area contributed by atoms with Crippen LogP contribution in [0.1, 0.15) is 12.5 Å². The van der Waals surface area contributed by atoms with E-state index in [2.05, 4.69) is 0 Å². The average Bonchev–Trinajstić information content (AvgIpc) is 2.16. The van der Waals surface area contributed by atoms with Crippen LogP contribution in [0.25, 0.3) is 0 Å². The van der Waals surface area contributed by atoms with Crippen LogP contribution in [0.15, 0.2) is 24.3 Å². The molecule has 0 radical (unpaired) electrons. The highest BCUT2D eigenvalue weighted by Gasteiger charge is 2.23. The topological polar surface area (TPSA) is 32.7 Å². The second-order valence-corrected chi connectivity index (χ2v) is 4.14. The van der Waals surface area contributed by atoms with Gasteiger partial charge in [-0.15, -0.1) is 0 Å². The summed E-state index contributed by atoms with van der Waals surface area (Å²) < 4.78 is 18.3. The number of hydrogen-bond acceptors (Lipinski definition) is 3. The molecule has 1 N–H and O–H groups in total. The second-order valence-electron chi connectivity index (χ2n) is 4.14. The van der Waals surface area contributed by atoms with E-state index in [1.165, 1.54) is 19.1 Å². The van der Waals surface area contributed by atoms with E-state index < -0.39 is 5.79 Å². The van der Waals surface area contributed by atoms with E-state index >= 15 is 0 Å². The van der Waals surface area contributed by atoms with Crippen molar-refractivity contribution in [2.24, 2.45) is 0 Å². The first-order chi connectivity index (χ1) is 7.42. The molecular weight excluding hydrogens is 209 g/mol. The molecule has 1 unspecified atom stereocenters. The quantitative estimate of drug-likeness (QED) is 0.775. The number of likely N-dealkylation sites (N-methyl/N-ethyl adjacent to an activating group) is 1. The summed E-state index contributed by atoms with van der Waals surface area (Å²) in [6.45, 7) is 2.60. The minimum absolute atomic E-state index is 0.381. The Morgan fingerprint density at radius 1 is 1.44 bits per heavy atom. The Hall–Kier alpha value is -0.970. The maximum atomic E-state index is 13.0. The van der Waals surface area contributed by atoms with E-state index in [1.54, 1.807) is 12.1 Å². The molecule has 0 saturated heterocycles. The Morgan fingerprint density at radius 2 is 2.12 bits per heavy atom. The number of aliphatic hydroxyl groups is 1. The molecule has 0 fully saturated rings. The predicted molar refractivity (Wildman–Crippen MR) is 60.5 cm³/mol. The molecule has 0 aliphatic heterocycles. The molecule has 0 spiro atoms. The van der Waals surface area contributed by atoms with E-state index in [4.69, 9.17) is 4.74 Å². The number of rotatable bonds is 5. The van der Waals surface area contributed by atoms with Crippen LogP contribution in [0, 0.1) is 5.82 Å². The molecule has 0 aliphatic rings. The Bertz CT molecular complexity index is 340. The zero-order valence-corrected chi connectivity index (χ0v) is 9.90. The monoisotopic (exact) mass is 227 g/mol. The van der Waals surface area contributed by atoms with Crippen molar-refractivity contribution in [1.82, 2.24) is 4.90 Å². The molecule has 1 rings (SSSR count). The number of hydrogen-bond donors (Lipinski definition) is 1. The summed E-state index contributed by atoms with van der Waals surface area (Å²) in [5.74, 6) is -1.83. The maximum absolute atomic E-state index is 13.0. The summed E-state index contributed by atoms with van der Waals surface area (Å²) in [4.78, 5) is 1.95. The molecule has 1 aromatic carbocycles. The first kappa shape index (κ1) is 13.1. The van der Waals surface area contributed by atoms with Gasteiger partial charge in [0.2, 0.25) is 0 Å². The van der Waals surface area contributed by atoms with Crippen LogP contribution in [0.3, 0.4) is 0 Å². The standard InChI is InChI=1S/C12H18FNO2/c1-12(15,16-8-7-14(2)3)10-5-4-6-11(13)9-10/h4-6,9,15H,7-8H2,1-3H3. The van der Waals surface area contributed by atoms with Crippen molar-refractivity contribution >= 4 is 0 Å². The van der Waals surface area contributed by atoms with Gasteiger partial charge in [0, 0.05) is 12.1 Å². The fourth-order valence-corrected chi connectivity index (χ4v) is 1.29. The molecule has 0 aliphatic carbocycles. The molecule has 0 heterocycles. The van der Waals surface area contributed by atoms with Crippen molar-refractivity contribution < 1.29 is 14.2 Å². The summed E-state index contributed by atoms with van der Waals surface area (Å²) in [6.07, 6.45) is 0. The Morgan fingerprint density at radius 3 is 2.69 bits per heavy atom. The smallest absolute Gasteiger partial charge is 0.189 e. The number of nitrogens with zero attached hydrogens (tertiary/aromatic N) is 1. The van der Waals surface area contributed by atoms with Gasteiger partial charge in [-0.05, 0) is 33.2 Å². The van der Waals surface area contributed by atoms with Crippen molar-refractivity contribution in [2.45, 2.75) is 12.7 Å². The lowest BCUT2D eigenvalue weighted by atomic mass is 10.1. The third-order valence-corrected chi connectivity index (χ3v) is 2.28. The predicted octanol–water partition coefficient (Wildman–Crippen LogP) is 1.57. The largest absolute Gasteiger partial charge is 0.362 e. The minimum Gasteiger partial charge on any atom is -0.362 e. The lowest BCUT2D eigenvalue weighted by Gasteiger charge is -2.25. The average molecular weight is 227 g/mol. The van der Waals surface area contributed by atoms with Gasteiger partial charge in [-0.25, -0.2) is 4.39 Å². The molecular formula is C12H18FNO2. The van der Waals surface area contributed by atoms with Gasteiger partial charge in [0.05, 0.1) is 6.61 Å². The number of benzene rings is 1. The van der Waals surface area contributed by atoms with Gasteiger partial charge in [0.15, 0.2) is 5.79 Å². The van der Waals surface area contributed by atoms with Crippen molar-refractivity contribution in [1.29, 1.82) is 0 Å². The van der Waals surface area contributed by atoms with Gasteiger partial charge in [0.25, 0.3) is 0 Å². The van der Waals surface area contributed by atoms with Crippen LogP contribution in [-0.4, -0.2) is 37.3 Å². The van der Waals surface area contributed by atoms with Crippen LogP contribution in [0.4, 0.5) is 4.39 Å². The summed E-state index contributed by atoms with van der Waals surface area (Å²) in [5.41, 5.74) is 0.422. The molecule has 90 valence electrons. The van der Waals surface area contributed by atoms with Crippen LogP contribution >= 0.6 is 0 Å². The van der Waals surface area contributed by atoms with Crippen LogP contribution in [0.5, 0.6) is 0 Å². The van der Waals surface area contributed by atoms with Gasteiger partial charge in [-0.2, -0.15) is 0 Å². The first-order valence-corrected chi connectivity index (χ1v) is 5.19. The molecule has 3 nitrogen and oxygen atoms in total. The molecule has 0 bridgehead atoms. The highest BCUT2D eigenvalue weighted by molar-refractivity contribution is 5.20. The van der Waals surface area contributed by atoms with E-state index in [1.807, 2.05) is 19.0 Å². The zero-order valence-electron chi connectivity index (χ0n) is 9.90. The fourth-order valence-electron chi connectivity index (χ4n) is 1.29. The van der Waals surface area contributed by atoms with Crippen molar-refractivity contribution in [3.8, 4) is 0 Å². The summed E-state index contributed by atoms with van der Waals surface area (Å²) >= 11 is 0. The maximum Gasteiger partial charge on any atom is 0.189 e. The van der Waals surface area contributed by atoms with E-state index in [-0.39, 0.29) is 5.82 Å². The highest BCUT2D eigenvalue weighted by Crippen LogP contribution is 2.22. The van der Waals surface area contributed by atoms with Crippen molar-refractivity contribution in [2.75, 3.05) is 27.2 Å². The summed E-state index contributed by atoms with van der Waals surface area (Å²) in [7, 11) is 3.83. The van der Waals surface area contributed by atoms with E-state index in [9.17, 15) is 9.50 Å². The van der Waals surface area contributed by atoms with Crippen LogP contribution in [-0.2, 0) is 10.5 Å². The minimum atomic E-state index is -1.45. The molecule has 0 aromatic heterocycles. The Balaban J connectivity index is 2.62. The molecule has 1 atom stereocenters. The third-order valence-electron chi connectivity index (χ3n) is 2.28. The molecule has 4 heteroatoms. The third kappa shape index (κ3) is 3.89. The Labute approximate surface area is 95.5 Å². The van der Waals surface area contributed by atoms with Gasteiger partial charge in [0.1, 0.15) is 5.82 Å². The normalized spacial score (nSPS) is 15.1. The molecule has 1 aromatic rings. The zero-order chi connectivity index (χ0) is 12.2. The number of ether oxygens (including phenoxy) is 1. The summed E-state index contributed by atoms with van der Waals surface area (Å²) in [5, 5.41) is 10.0. The lowest BCUT2D eigenvalue weighted by molar-refractivity contribution is -0.199. The van der Waals surface area contributed by atoms with Crippen LogP contribution < -0.4 is 0 Å². The van der Waals surface area contributed by atoms with Gasteiger partial charge in [-0.1, -0.05) is 12.1 Å². The van der Waals surface area contributed by atoms with Gasteiger partial charge < -0.3 is 14.7 Å². The van der Waals surface area contributed by atoms with Crippen LogP contribution in [0.2, 0.25) is 0 Å². The lowest BCUT2D eigenvalue weighted by Crippen LogP contribution is -2.29. The van der Waals surface area contributed by atoms with Crippen molar-refractivity contribution in [3.63, 3.8) is 0 Å². The van der Waals surface area contributed by atoms with E-state index in [0.717, 1.165) is 0 Å². The first-order valence-electron chi connectivity index (χ1n) is 5.19. The fraction of sp³-hybridized carbons (Fsp3) is 0.500. The van der Waals surface area contributed by atoms with Gasteiger partial charge >= 0.3 is 0 Å². The summed E-state index contributed by atoms with van der Waals surface area (Å²) in [6, 6.07) is 5.79. The van der Waals surface area contributed by atoms with Crippen molar-refractivity contribution in [3.05, 3.63) is 35.6 Å². The van der Waals surface area contributed by atoms with Gasteiger partial charge in [-0.3, -0.25) is 0 Å². The molecule has 16 heavy (non-hydrogen) atoms. The molecule has 0 saturated carbocycles. The number of halogens is 1. The Kier molecular flexibility index (Phi) is 4.41. The SMILES string of the molecule is CN(C)CCOC(C)(O)c1cccc(F)c1. The second kappa shape index (κ2) is 5.39. The molecule has 0 amide bonds.